The predicted molar refractivity (Wildman–Crippen MR) is 158 cm³/mol. The summed E-state index contributed by atoms with van der Waals surface area (Å²) in [4.78, 5) is 28.8. The van der Waals surface area contributed by atoms with Crippen LogP contribution < -0.4 is 10.1 Å². The van der Waals surface area contributed by atoms with Gasteiger partial charge in [-0.1, -0.05) is 87.8 Å². The minimum Gasteiger partial charge on any atom is -0.483 e. The molecule has 202 valence electrons. The molecule has 7 heteroatoms. The van der Waals surface area contributed by atoms with Crippen LogP contribution in [0.4, 0.5) is 0 Å². The zero-order chi connectivity index (χ0) is 27.7. The first-order valence-corrected chi connectivity index (χ1v) is 14.1. The molecule has 0 bridgehead atoms. The molecule has 0 aliphatic rings. The molecule has 2 amide bonds. The molecule has 0 heterocycles. The predicted octanol–water partition coefficient (Wildman–Crippen LogP) is 7.02. The lowest BCUT2D eigenvalue weighted by Crippen LogP contribution is -2.52. The van der Waals surface area contributed by atoms with Gasteiger partial charge < -0.3 is 15.0 Å². The fourth-order valence-corrected chi connectivity index (χ4v) is 4.75. The summed E-state index contributed by atoms with van der Waals surface area (Å²) >= 11 is 9.81. The molecule has 0 aromatic heterocycles. The second-order valence-corrected chi connectivity index (χ2v) is 11.4. The first-order valence-electron chi connectivity index (χ1n) is 12.9. The van der Waals surface area contributed by atoms with Gasteiger partial charge in [-0.25, -0.2) is 0 Å². The Bertz CT molecular complexity index is 1220. The van der Waals surface area contributed by atoms with Crippen LogP contribution in [0.5, 0.6) is 5.75 Å². The molecule has 3 aromatic carbocycles. The molecule has 3 rings (SSSR count). The molecule has 0 aliphatic heterocycles. The number of hydrogen-bond donors (Lipinski definition) is 1. The number of hydrogen-bond acceptors (Lipinski definition) is 3. The van der Waals surface area contributed by atoms with E-state index in [0.717, 1.165) is 15.6 Å². The highest BCUT2D eigenvalue weighted by molar-refractivity contribution is 9.10. The Balaban J connectivity index is 1.90. The molecule has 3 aromatic rings. The summed E-state index contributed by atoms with van der Waals surface area (Å²) < 4.78 is 6.74. The minimum absolute atomic E-state index is 0.194. The number of nitrogens with one attached hydrogen (secondary N) is 1. The number of carbonyl (C=O) groups excluding carboxylic acids is 2. The summed E-state index contributed by atoms with van der Waals surface area (Å²) in [5.74, 6) is 0.751. The summed E-state index contributed by atoms with van der Waals surface area (Å²) in [5.41, 5.74) is 2.97. The van der Waals surface area contributed by atoms with Crippen molar-refractivity contribution in [1.82, 2.24) is 10.2 Å². The zero-order valence-corrected chi connectivity index (χ0v) is 24.8. The van der Waals surface area contributed by atoms with E-state index in [2.05, 4.69) is 35.1 Å². The maximum atomic E-state index is 13.7. The van der Waals surface area contributed by atoms with Gasteiger partial charge >= 0.3 is 0 Å². The highest BCUT2D eigenvalue weighted by atomic mass is 79.9. The maximum Gasteiger partial charge on any atom is 0.261 e. The van der Waals surface area contributed by atoms with Crippen LogP contribution in [0.1, 0.15) is 50.3 Å². The highest BCUT2D eigenvalue weighted by Crippen LogP contribution is 2.29. The van der Waals surface area contributed by atoms with Crippen LogP contribution in [-0.2, 0) is 22.6 Å². The largest absolute Gasteiger partial charge is 0.483 e. The van der Waals surface area contributed by atoms with Crippen LogP contribution in [0.25, 0.3) is 0 Å². The third-order valence-corrected chi connectivity index (χ3v) is 7.03. The Labute approximate surface area is 239 Å². The van der Waals surface area contributed by atoms with Crippen molar-refractivity contribution in [3.8, 4) is 5.75 Å². The van der Waals surface area contributed by atoms with E-state index in [1.54, 1.807) is 11.0 Å². The van der Waals surface area contributed by atoms with Crippen molar-refractivity contribution in [3.63, 3.8) is 0 Å². The van der Waals surface area contributed by atoms with Gasteiger partial charge in [0.25, 0.3) is 5.91 Å². The summed E-state index contributed by atoms with van der Waals surface area (Å²) in [5, 5.41) is 3.60. The first-order chi connectivity index (χ1) is 18.1. The summed E-state index contributed by atoms with van der Waals surface area (Å²) in [6.45, 7) is 8.86. The van der Waals surface area contributed by atoms with Crippen LogP contribution in [0.15, 0.2) is 77.3 Å². The molecule has 38 heavy (non-hydrogen) atoms. The molecule has 0 saturated carbocycles. The Morgan fingerprint density at radius 2 is 1.66 bits per heavy atom. The van der Waals surface area contributed by atoms with E-state index in [1.165, 1.54) is 5.56 Å². The lowest BCUT2D eigenvalue weighted by atomic mass is 10.0. The molecule has 0 fully saturated rings. The highest BCUT2D eigenvalue weighted by Gasteiger charge is 2.31. The smallest absolute Gasteiger partial charge is 0.261 e. The third kappa shape index (κ3) is 8.88. The topological polar surface area (TPSA) is 58.6 Å². The molecule has 0 spiro atoms. The SMILES string of the molecule is CC(C)CNC(=O)[C@H](Cc1ccccc1)N(Cc1cccc(Cl)c1)C(=O)COc1ccc(C(C)C)cc1Br. The van der Waals surface area contributed by atoms with Crippen molar-refractivity contribution in [1.29, 1.82) is 0 Å². The lowest BCUT2D eigenvalue weighted by Gasteiger charge is -2.32. The van der Waals surface area contributed by atoms with Crippen molar-refractivity contribution >= 4 is 39.3 Å². The number of halogens is 2. The van der Waals surface area contributed by atoms with Crippen LogP contribution in [0.2, 0.25) is 5.02 Å². The average Bonchev–Trinajstić information content (AvgIpc) is 2.89. The normalized spacial score (nSPS) is 11.9. The second-order valence-electron chi connectivity index (χ2n) is 10.1. The first kappa shape index (κ1) is 29.7. The molecule has 0 saturated heterocycles. The van der Waals surface area contributed by atoms with Crippen molar-refractivity contribution in [2.75, 3.05) is 13.2 Å². The minimum atomic E-state index is -0.724. The Hall–Kier alpha value is -2.83. The van der Waals surface area contributed by atoms with E-state index < -0.39 is 6.04 Å². The number of carbonyl (C=O) groups is 2. The summed E-state index contributed by atoms with van der Waals surface area (Å²) in [6.07, 6.45) is 0.379. The Morgan fingerprint density at radius 1 is 0.947 bits per heavy atom. The van der Waals surface area contributed by atoms with E-state index in [4.69, 9.17) is 16.3 Å². The molecule has 1 N–H and O–H groups in total. The number of rotatable bonds is 12. The van der Waals surface area contributed by atoms with E-state index in [9.17, 15) is 9.59 Å². The van der Waals surface area contributed by atoms with Gasteiger partial charge in [0.1, 0.15) is 11.8 Å². The van der Waals surface area contributed by atoms with Gasteiger partial charge in [-0.05, 0) is 68.7 Å². The van der Waals surface area contributed by atoms with Gasteiger partial charge in [0.15, 0.2) is 6.61 Å². The van der Waals surface area contributed by atoms with Crippen molar-refractivity contribution in [3.05, 3.63) is 99.0 Å². The van der Waals surface area contributed by atoms with E-state index in [1.807, 2.05) is 80.6 Å². The fourth-order valence-electron chi connectivity index (χ4n) is 4.02. The fraction of sp³-hybridized carbons (Fsp3) is 0.355. The summed E-state index contributed by atoms with van der Waals surface area (Å²) in [7, 11) is 0. The average molecular weight is 600 g/mol. The van der Waals surface area contributed by atoms with Crippen LogP contribution in [-0.4, -0.2) is 35.9 Å². The number of amides is 2. The van der Waals surface area contributed by atoms with Gasteiger partial charge in [0.2, 0.25) is 5.91 Å². The lowest BCUT2D eigenvalue weighted by molar-refractivity contribution is -0.142. The third-order valence-electron chi connectivity index (χ3n) is 6.17. The summed E-state index contributed by atoms with van der Waals surface area (Å²) in [6, 6.07) is 22.2. The molecule has 1 atom stereocenters. The van der Waals surface area contributed by atoms with Crippen molar-refractivity contribution in [2.45, 2.75) is 52.6 Å². The molecular formula is C31H36BrClN2O3. The number of benzene rings is 3. The molecule has 0 unspecified atom stereocenters. The van der Waals surface area contributed by atoms with E-state index >= 15 is 0 Å². The molecule has 5 nitrogen and oxygen atoms in total. The zero-order valence-electron chi connectivity index (χ0n) is 22.4. The monoisotopic (exact) mass is 598 g/mol. The Morgan fingerprint density at radius 3 is 2.29 bits per heavy atom. The molecule has 0 radical (unpaired) electrons. The van der Waals surface area contributed by atoms with Crippen LogP contribution in [0.3, 0.4) is 0 Å². The van der Waals surface area contributed by atoms with Gasteiger partial charge in [0.05, 0.1) is 4.47 Å². The van der Waals surface area contributed by atoms with Crippen molar-refractivity contribution in [2.24, 2.45) is 5.92 Å². The maximum absolute atomic E-state index is 13.7. The number of ether oxygens (including phenoxy) is 1. The Kier molecular flexibility index (Phi) is 11.2. The van der Waals surface area contributed by atoms with Gasteiger partial charge in [0, 0.05) is 24.5 Å². The molecule has 0 aliphatic carbocycles. The van der Waals surface area contributed by atoms with Crippen LogP contribution >= 0.6 is 27.5 Å². The van der Waals surface area contributed by atoms with Gasteiger partial charge in [-0.3, -0.25) is 9.59 Å². The van der Waals surface area contributed by atoms with E-state index in [-0.39, 0.29) is 30.9 Å². The second kappa shape index (κ2) is 14.4. The van der Waals surface area contributed by atoms with Crippen LogP contribution in [0, 0.1) is 5.92 Å². The van der Waals surface area contributed by atoms with E-state index in [0.29, 0.717) is 29.7 Å². The van der Waals surface area contributed by atoms with Crippen molar-refractivity contribution < 1.29 is 14.3 Å². The van der Waals surface area contributed by atoms with Gasteiger partial charge in [-0.15, -0.1) is 0 Å². The van der Waals surface area contributed by atoms with Gasteiger partial charge in [-0.2, -0.15) is 0 Å². The quantitative estimate of drug-likeness (QED) is 0.243. The standard InChI is InChI=1S/C31H36BrClN2O3/c1-21(2)18-34-31(37)28(16-23-9-6-5-7-10-23)35(19-24-11-8-12-26(33)15-24)30(36)20-38-29-14-13-25(22(3)4)17-27(29)32/h5-15,17,21-22,28H,16,18-20H2,1-4H3,(H,34,37)/t28-/m0/s1. The molecular weight excluding hydrogens is 564 g/mol. The number of nitrogens with zero attached hydrogens (tertiary/aromatic N) is 1.